The Bertz CT molecular complexity index is 1390. The van der Waals surface area contributed by atoms with E-state index in [9.17, 15) is 0 Å². The van der Waals surface area contributed by atoms with Crippen molar-refractivity contribution in [2.24, 2.45) is 0 Å². The number of hydrogen-bond acceptors (Lipinski definition) is 6. The van der Waals surface area contributed by atoms with Crippen molar-refractivity contribution in [2.75, 3.05) is 26.7 Å². The molecule has 0 saturated carbocycles. The second-order valence-electron chi connectivity index (χ2n) is 8.02. The van der Waals surface area contributed by atoms with Crippen molar-refractivity contribution < 1.29 is 8.83 Å². The van der Waals surface area contributed by atoms with Crippen molar-refractivity contribution >= 4 is 110 Å². The zero-order valence-corrected chi connectivity index (χ0v) is 22.0. The molecule has 2 nitrogen and oxygen atoms in total. The molecule has 8 heteroatoms. The summed E-state index contributed by atoms with van der Waals surface area (Å²) in [4.78, 5) is 0. The Morgan fingerprint density at radius 3 is 1.37 bits per heavy atom. The van der Waals surface area contributed by atoms with Gasteiger partial charge in [0.15, 0.2) is 11.2 Å². The lowest BCUT2D eigenvalue weighted by atomic mass is 10.3. The maximum atomic E-state index is 6.57. The van der Waals surface area contributed by atoms with Gasteiger partial charge in [0.05, 0.1) is 29.4 Å². The van der Waals surface area contributed by atoms with E-state index >= 15 is 0 Å². The quantitative estimate of drug-likeness (QED) is 0.183. The third-order valence-electron chi connectivity index (χ3n) is 4.90. The Balaban J connectivity index is 2.17. The lowest BCUT2D eigenvalue weighted by molar-refractivity contribution is 0.660. The average molecular weight is 507 g/mol. The summed E-state index contributed by atoms with van der Waals surface area (Å²) in [6.07, 6.45) is 0. The Morgan fingerprint density at radius 1 is 0.633 bits per heavy atom. The minimum Gasteiger partial charge on any atom is -0.454 e. The SMILES string of the molecule is CP(C)(=S)c1c2oc3ccccc3sc2c(P(C)(C)=S)c2oc3ccccc3sc12. The van der Waals surface area contributed by atoms with E-state index in [4.69, 9.17) is 32.4 Å². The van der Waals surface area contributed by atoms with Crippen LogP contribution in [0.3, 0.4) is 0 Å². The molecule has 154 valence electrons. The van der Waals surface area contributed by atoms with Gasteiger partial charge in [-0.2, -0.15) is 0 Å². The second kappa shape index (κ2) is 7.27. The Hall–Kier alpha value is -1.00. The number of para-hydroxylation sites is 2. The van der Waals surface area contributed by atoms with E-state index in [0.29, 0.717) is 0 Å². The molecule has 30 heavy (non-hydrogen) atoms. The van der Waals surface area contributed by atoms with Crippen molar-refractivity contribution in [1.82, 2.24) is 0 Å². The van der Waals surface area contributed by atoms with Gasteiger partial charge in [0.2, 0.25) is 0 Å². The molecule has 0 aliphatic heterocycles. The van der Waals surface area contributed by atoms with Crippen LogP contribution in [0.5, 0.6) is 0 Å². The van der Waals surface area contributed by atoms with E-state index in [1.165, 1.54) is 0 Å². The maximum absolute atomic E-state index is 6.57. The number of rotatable bonds is 2. The first-order valence-electron chi connectivity index (χ1n) is 9.39. The van der Waals surface area contributed by atoms with E-state index in [0.717, 1.165) is 51.7 Å². The molecule has 0 unspecified atom stereocenters. The van der Waals surface area contributed by atoms with Gasteiger partial charge in [-0.25, -0.2) is 0 Å². The fourth-order valence-electron chi connectivity index (χ4n) is 3.67. The highest BCUT2D eigenvalue weighted by Crippen LogP contribution is 2.49. The smallest absolute Gasteiger partial charge is 0.155 e. The predicted octanol–water partition coefficient (Wildman–Crippen LogP) is 7.46. The Kier molecular flexibility index (Phi) is 5.06. The fourth-order valence-corrected chi connectivity index (χ4v) is 11.3. The van der Waals surface area contributed by atoms with Crippen LogP contribution in [0, 0.1) is 0 Å². The molecule has 0 saturated heterocycles. The molecule has 2 heterocycles. The third-order valence-corrected chi connectivity index (χ3v) is 11.6. The lowest BCUT2D eigenvalue weighted by Crippen LogP contribution is -2.15. The average Bonchev–Trinajstić information content (AvgIpc) is 2.67. The van der Waals surface area contributed by atoms with Gasteiger partial charge >= 0.3 is 0 Å². The molecule has 0 spiro atoms. The van der Waals surface area contributed by atoms with Crippen LogP contribution in [-0.2, 0) is 23.6 Å². The molecule has 0 radical (unpaired) electrons. The van der Waals surface area contributed by atoms with Crippen LogP contribution >= 0.6 is 34.7 Å². The number of fused-ring (bicyclic) bond motifs is 4. The molecule has 0 amide bonds. The van der Waals surface area contributed by atoms with Gasteiger partial charge < -0.3 is 8.83 Å². The molecule has 0 bridgehead atoms. The van der Waals surface area contributed by atoms with Crippen LogP contribution in [0.25, 0.3) is 41.1 Å². The summed E-state index contributed by atoms with van der Waals surface area (Å²) in [7, 11) is 0. The van der Waals surface area contributed by atoms with E-state index in [2.05, 4.69) is 38.8 Å². The number of hydrogen-bond donors (Lipinski definition) is 0. The molecule has 0 atom stereocenters. The van der Waals surface area contributed by atoms with Crippen molar-refractivity contribution in [3.63, 3.8) is 0 Å². The molecular formula is C22H20O2P2S4. The monoisotopic (exact) mass is 506 g/mol. The summed E-state index contributed by atoms with van der Waals surface area (Å²) in [6.45, 7) is 8.67. The molecule has 0 aliphatic rings. The van der Waals surface area contributed by atoms with E-state index in [-0.39, 0.29) is 0 Å². The summed E-state index contributed by atoms with van der Waals surface area (Å²) in [5, 5.41) is 2.24. The van der Waals surface area contributed by atoms with Gasteiger partial charge in [0.1, 0.15) is 11.2 Å². The number of benzene rings is 3. The summed E-state index contributed by atoms with van der Waals surface area (Å²) < 4.78 is 17.5. The van der Waals surface area contributed by atoms with E-state index < -0.39 is 12.1 Å². The topological polar surface area (TPSA) is 26.3 Å². The molecule has 2 aromatic heterocycles. The standard InChI is InChI=1S/C22H20O2P2S4/c1-25(2,27)19-17-22(30-16-12-8-5-9-13(16)23-17)20(26(3,4)28)18-21(19)29-15-11-7-6-10-14(15)24-18/h5-12H,1-4H3. The van der Waals surface area contributed by atoms with Gasteiger partial charge in [0, 0.05) is 0 Å². The normalized spacial score (nSPS) is 12.9. The second-order valence-corrected chi connectivity index (χ2v) is 21.9. The first-order valence-corrected chi connectivity index (χ1v) is 18.4. The van der Waals surface area contributed by atoms with Gasteiger partial charge in [-0.1, -0.05) is 47.9 Å². The van der Waals surface area contributed by atoms with Crippen LogP contribution in [-0.4, -0.2) is 26.7 Å². The summed E-state index contributed by atoms with van der Waals surface area (Å²) in [5.74, 6) is 0. The largest absolute Gasteiger partial charge is 0.454 e. The minimum atomic E-state index is -1.86. The summed E-state index contributed by atoms with van der Waals surface area (Å²) in [6, 6.07) is 12.6. The Labute approximate surface area is 193 Å². The highest BCUT2D eigenvalue weighted by atomic mass is 32.4. The maximum Gasteiger partial charge on any atom is 0.155 e. The van der Waals surface area contributed by atoms with Crippen LogP contribution in [0.1, 0.15) is 0 Å². The van der Waals surface area contributed by atoms with Gasteiger partial charge in [0.25, 0.3) is 0 Å². The first kappa shape index (κ1) is 20.9. The van der Waals surface area contributed by atoms with Crippen molar-refractivity contribution in [3.05, 3.63) is 48.5 Å². The van der Waals surface area contributed by atoms with Crippen LogP contribution in [0.4, 0.5) is 0 Å². The van der Waals surface area contributed by atoms with Crippen LogP contribution < -0.4 is 10.6 Å². The van der Waals surface area contributed by atoms with Crippen molar-refractivity contribution in [3.8, 4) is 0 Å². The highest BCUT2D eigenvalue weighted by molar-refractivity contribution is 8.18. The molecule has 0 N–H and O–H groups in total. The summed E-state index contributed by atoms with van der Waals surface area (Å²) >= 11 is 15.7. The van der Waals surface area contributed by atoms with Gasteiger partial charge in [-0.3, -0.25) is 0 Å². The first-order chi connectivity index (χ1) is 14.1. The molecule has 0 aliphatic carbocycles. The lowest BCUT2D eigenvalue weighted by Gasteiger charge is -2.22. The molecule has 5 rings (SSSR count). The van der Waals surface area contributed by atoms with Crippen LogP contribution in [0.2, 0.25) is 0 Å². The molecular weight excluding hydrogens is 486 g/mol. The van der Waals surface area contributed by atoms with E-state index in [1.54, 1.807) is 22.7 Å². The third kappa shape index (κ3) is 3.43. The van der Waals surface area contributed by atoms with Gasteiger partial charge in [-0.15, -0.1) is 22.7 Å². The molecule has 0 fully saturated rings. The summed E-state index contributed by atoms with van der Waals surface area (Å²) in [5.41, 5.74) is 3.56. The van der Waals surface area contributed by atoms with Crippen LogP contribution in [0.15, 0.2) is 57.4 Å². The fraction of sp³-hybridized carbons (Fsp3) is 0.182. The zero-order chi connectivity index (χ0) is 21.3. The van der Waals surface area contributed by atoms with E-state index in [1.807, 2.05) is 36.4 Å². The van der Waals surface area contributed by atoms with Crippen molar-refractivity contribution in [1.29, 1.82) is 0 Å². The highest BCUT2D eigenvalue weighted by Gasteiger charge is 2.28. The van der Waals surface area contributed by atoms with Gasteiger partial charge in [-0.05, 0) is 63.0 Å². The molecule has 3 aromatic carbocycles. The zero-order valence-electron chi connectivity index (χ0n) is 17.0. The molecule has 5 aromatic rings. The predicted molar refractivity (Wildman–Crippen MR) is 146 cm³/mol. The Morgan fingerprint density at radius 2 is 1.00 bits per heavy atom. The minimum absolute atomic E-state index is 0.883. The van der Waals surface area contributed by atoms with Crippen molar-refractivity contribution in [2.45, 2.75) is 0 Å².